The summed E-state index contributed by atoms with van der Waals surface area (Å²) in [4.78, 5) is 21.0. The van der Waals surface area contributed by atoms with E-state index in [0.717, 1.165) is 38.8 Å². The van der Waals surface area contributed by atoms with E-state index < -0.39 is 0 Å². The number of halogens is 1. The lowest BCUT2D eigenvalue weighted by Crippen LogP contribution is -2.54. The van der Waals surface area contributed by atoms with Gasteiger partial charge in [0.25, 0.3) is 0 Å². The van der Waals surface area contributed by atoms with Crippen LogP contribution in [0.3, 0.4) is 0 Å². The highest BCUT2D eigenvalue weighted by Crippen LogP contribution is 2.28. The molecule has 3 heterocycles. The Bertz CT molecular complexity index is 727. The van der Waals surface area contributed by atoms with Gasteiger partial charge in [-0.3, -0.25) is 9.69 Å². The number of likely N-dealkylation sites (tertiary alicyclic amines) is 1. The molecule has 0 saturated carbocycles. The summed E-state index contributed by atoms with van der Waals surface area (Å²) in [6.07, 6.45) is 7.07. The van der Waals surface area contributed by atoms with Crippen LogP contribution in [0.5, 0.6) is 0 Å². The minimum Gasteiger partial charge on any atom is -0.311 e. The van der Waals surface area contributed by atoms with Gasteiger partial charge in [-0.15, -0.1) is 0 Å². The molecule has 25 heavy (non-hydrogen) atoms. The molecule has 4 rings (SSSR count). The van der Waals surface area contributed by atoms with Crippen LogP contribution in [-0.2, 0) is 4.79 Å². The van der Waals surface area contributed by atoms with Crippen LogP contribution in [0.4, 0.5) is 10.1 Å². The first kappa shape index (κ1) is 16.2. The molecule has 7 heteroatoms. The second kappa shape index (κ2) is 6.92. The van der Waals surface area contributed by atoms with Crippen molar-refractivity contribution in [2.75, 3.05) is 24.5 Å². The molecular weight excluding hydrogens is 321 g/mol. The van der Waals surface area contributed by atoms with Gasteiger partial charge in [-0.2, -0.15) is 5.10 Å². The van der Waals surface area contributed by atoms with Gasteiger partial charge in [0.05, 0.1) is 12.1 Å². The Hall–Kier alpha value is -2.28. The van der Waals surface area contributed by atoms with E-state index in [1.165, 1.54) is 12.1 Å². The average molecular weight is 343 g/mol. The van der Waals surface area contributed by atoms with E-state index in [2.05, 4.69) is 15.0 Å². The van der Waals surface area contributed by atoms with Gasteiger partial charge in [0.15, 0.2) is 0 Å². The number of benzene rings is 1. The highest BCUT2D eigenvalue weighted by molar-refractivity contribution is 5.97. The maximum Gasteiger partial charge on any atom is 0.244 e. The number of piperidine rings is 2. The van der Waals surface area contributed by atoms with E-state index in [1.807, 2.05) is 4.68 Å². The number of hydrogen-bond acceptors (Lipinski definition) is 4. The molecule has 1 aromatic carbocycles. The minimum absolute atomic E-state index is 0.0936. The second-order valence-electron chi connectivity index (χ2n) is 6.77. The number of hydrogen-bond donors (Lipinski definition) is 0. The van der Waals surface area contributed by atoms with E-state index in [0.29, 0.717) is 18.3 Å². The van der Waals surface area contributed by atoms with Crippen LogP contribution in [-0.4, -0.2) is 51.2 Å². The van der Waals surface area contributed by atoms with Crippen molar-refractivity contribution in [2.45, 2.75) is 37.8 Å². The van der Waals surface area contributed by atoms with Crippen LogP contribution in [0, 0.1) is 5.82 Å². The Morgan fingerprint density at radius 3 is 2.68 bits per heavy atom. The smallest absolute Gasteiger partial charge is 0.244 e. The summed E-state index contributed by atoms with van der Waals surface area (Å²) in [5.74, 6) is -0.211. The predicted octanol–water partition coefficient (Wildman–Crippen LogP) is 2.25. The molecule has 2 fully saturated rings. The fourth-order valence-electron chi connectivity index (χ4n) is 3.96. The standard InChI is InChI=1S/C18H22FN5O/c19-14-3-1-4-16(11-14)23-8-2-5-17(18(23)25)22-9-6-15(7-10-22)24-13-20-12-21-24/h1,3-4,11-13,15,17H,2,5-10H2. The van der Waals surface area contributed by atoms with Gasteiger partial charge >= 0.3 is 0 Å². The zero-order valence-corrected chi connectivity index (χ0v) is 14.1. The summed E-state index contributed by atoms with van der Waals surface area (Å²) in [5, 5.41) is 4.23. The fraction of sp³-hybridized carbons (Fsp3) is 0.500. The topological polar surface area (TPSA) is 54.3 Å². The third kappa shape index (κ3) is 3.28. The monoisotopic (exact) mass is 343 g/mol. The highest BCUT2D eigenvalue weighted by Gasteiger charge is 2.36. The Labute approximate surface area is 146 Å². The molecule has 2 saturated heterocycles. The normalized spacial score (nSPS) is 23.2. The van der Waals surface area contributed by atoms with Crippen molar-refractivity contribution in [3.05, 3.63) is 42.7 Å². The lowest BCUT2D eigenvalue weighted by molar-refractivity contribution is -0.126. The summed E-state index contributed by atoms with van der Waals surface area (Å²) in [6.45, 7) is 2.41. The Morgan fingerprint density at radius 2 is 1.96 bits per heavy atom. The fourth-order valence-corrected chi connectivity index (χ4v) is 3.96. The molecule has 1 atom stereocenters. The van der Waals surface area contributed by atoms with Crippen LogP contribution in [0.1, 0.15) is 31.7 Å². The first-order valence-electron chi connectivity index (χ1n) is 8.87. The van der Waals surface area contributed by atoms with Gasteiger partial charge < -0.3 is 4.90 Å². The van der Waals surface area contributed by atoms with E-state index in [-0.39, 0.29) is 17.8 Å². The first-order chi connectivity index (χ1) is 12.2. The Balaban J connectivity index is 1.43. The molecule has 1 unspecified atom stereocenters. The molecule has 2 aromatic rings. The van der Waals surface area contributed by atoms with Crippen LogP contribution >= 0.6 is 0 Å². The van der Waals surface area contributed by atoms with Gasteiger partial charge in [-0.05, 0) is 43.9 Å². The van der Waals surface area contributed by atoms with Crippen LogP contribution in [0.15, 0.2) is 36.9 Å². The number of amides is 1. The zero-order chi connectivity index (χ0) is 17.2. The largest absolute Gasteiger partial charge is 0.311 e. The zero-order valence-electron chi connectivity index (χ0n) is 14.1. The van der Waals surface area contributed by atoms with E-state index in [9.17, 15) is 9.18 Å². The third-order valence-electron chi connectivity index (χ3n) is 5.28. The van der Waals surface area contributed by atoms with Gasteiger partial charge in [0, 0.05) is 25.3 Å². The van der Waals surface area contributed by atoms with Gasteiger partial charge in [0.2, 0.25) is 5.91 Å². The highest BCUT2D eigenvalue weighted by atomic mass is 19.1. The summed E-state index contributed by atoms with van der Waals surface area (Å²) in [5.41, 5.74) is 0.659. The molecule has 0 radical (unpaired) electrons. The number of aromatic nitrogens is 3. The lowest BCUT2D eigenvalue weighted by atomic mass is 9.97. The van der Waals surface area contributed by atoms with Crippen molar-refractivity contribution < 1.29 is 9.18 Å². The summed E-state index contributed by atoms with van der Waals surface area (Å²) in [6, 6.07) is 6.57. The quantitative estimate of drug-likeness (QED) is 0.858. The van der Waals surface area contributed by atoms with Crippen LogP contribution in [0.2, 0.25) is 0 Å². The third-order valence-corrected chi connectivity index (χ3v) is 5.28. The minimum atomic E-state index is -0.305. The molecule has 0 aliphatic carbocycles. The van der Waals surface area contributed by atoms with Crippen LogP contribution < -0.4 is 4.90 Å². The van der Waals surface area contributed by atoms with Crippen molar-refractivity contribution in [2.24, 2.45) is 0 Å². The average Bonchev–Trinajstić information content (AvgIpc) is 3.17. The van der Waals surface area contributed by atoms with Crippen molar-refractivity contribution in [3.8, 4) is 0 Å². The van der Waals surface area contributed by atoms with Gasteiger partial charge in [0.1, 0.15) is 18.5 Å². The summed E-state index contributed by atoms with van der Waals surface area (Å²) in [7, 11) is 0. The summed E-state index contributed by atoms with van der Waals surface area (Å²) >= 11 is 0. The van der Waals surface area contributed by atoms with Crippen molar-refractivity contribution >= 4 is 11.6 Å². The van der Waals surface area contributed by atoms with Crippen LogP contribution in [0.25, 0.3) is 0 Å². The maximum absolute atomic E-state index is 13.5. The SMILES string of the molecule is O=C1C(N2CCC(n3cncn3)CC2)CCCN1c1cccc(F)c1. The van der Waals surface area contributed by atoms with Crippen molar-refractivity contribution in [3.63, 3.8) is 0 Å². The number of nitrogens with zero attached hydrogens (tertiary/aromatic N) is 5. The molecule has 6 nitrogen and oxygen atoms in total. The number of anilines is 1. The predicted molar refractivity (Wildman–Crippen MR) is 91.6 cm³/mol. The Kier molecular flexibility index (Phi) is 4.48. The Morgan fingerprint density at radius 1 is 1.12 bits per heavy atom. The van der Waals surface area contributed by atoms with Crippen molar-refractivity contribution in [1.82, 2.24) is 19.7 Å². The molecule has 132 valence electrons. The maximum atomic E-state index is 13.5. The number of carbonyl (C=O) groups is 1. The molecule has 0 spiro atoms. The summed E-state index contributed by atoms with van der Waals surface area (Å²) < 4.78 is 15.4. The van der Waals surface area contributed by atoms with Gasteiger partial charge in [-0.25, -0.2) is 14.1 Å². The molecule has 0 bridgehead atoms. The molecular formula is C18H22FN5O. The molecule has 2 aliphatic rings. The lowest BCUT2D eigenvalue weighted by Gasteiger charge is -2.41. The molecule has 0 N–H and O–H groups in total. The van der Waals surface area contributed by atoms with Gasteiger partial charge in [-0.1, -0.05) is 6.07 Å². The molecule has 1 aromatic heterocycles. The number of carbonyl (C=O) groups excluding carboxylic acids is 1. The van der Waals surface area contributed by atoms with E-state index in [1.54, 1.807) is 29.7 Å². The van der Waals surface area contributed by atoms with Crippen molar-refractivity contribution in [1.29, 1.82) is 0 Å². The second-order valence-corrected chi connectivity index (χ2v) is 6.77. The van der Waals surface area contributed by atoms with E-state index in [4.69, 9.17) is 0 Å². The molecule has 1 amide bonds. The number of rotatable bonds is 3. The first-order valence-corrected chi connectivity index (χ1v) is 8.87. The molecule has 2 aliphatic heterocycles. The van der Waals surface area contributed by atoms with E-state index >= 15 is 0 Å².